The fourth-order valence-electron chi connectivity index (χ4n) is 0.966. The van der Waals surface area contributed by atoms with E-state index in [2.05, 4.69) is 16.9 Å². The summed E-state index contributed by atoms with van der Waals surface area (Å²) in [4.78, 5) is 24.6. The molecule has 0 atom stereocenters. The average molecular weight is 195 g/mol. The number of aromatic amines is 1. The summed E-state index contributed by atoms with van der Waals surface area (Å²) in [5.41, 5.74) is 0.293. The Morgan fingerprint density at radius 2 is 2.43 bits per heavy atom. The van der Waals surface area contributed by atoms with Crippen molar-refractivity contribution in [3.8, 4) is 0 Å². The lowest BCUT2D eigenvalue weighted by Crippen LogP contribution is -2.30. The van der Waals surface area contributed by atoms with Gasteiger partial charge in [-0.3, -0.25) is 9.36 Å². The highest BCUT2D eigenvalue weighted by molar-refractivity contribution is 5.91. The van der Waals surface area contributed by atoms with Crippen molar-refractivity contribution in [2.24, 2.45) is 0 Å². The summed E-state index contributed by atoms with van der Waals surface area (Å²) in [6, 6.07) is 0. The number of hydrogen-bond donors (Lipinski definition) is 2. The van der Waals surface area contributed by atoms with E-state index < -0.39 is 0 Å². The van der Waals surface area contributed by atoms with Crippen LogP contribution in [-0.2, 0) is 11.3 Å². The van der Waals surface area contributed by atoms with E-state index in [1.807, 2.05) is 0 Å². The zero-order valence-corrected chi connectivity index (χ0v) is 8.04. The van der Waals surface area contributed by atoms with E-state index >= 15 is 0 Å². The van der Waals surface area contributed by atoms with E-state index in [9.17, 15) is 9.59 Å². The van der Waals surface area contributed by atoms with Crippen molar-refractivity contribution in [2.75, 3.05) is 6.54 Å². The maximum Gasteiger partial charge on any atom is 0.325 e. The fraction of sp³-hybridized carbons (Fsp3) is 0.333. The third kappa shape index (κ3) is 2.62. The zero-order valence-electron chi connectivity index (χ0n) is 8.04. The maximum atomic E-state index is 11.1. The Balaban J connectivity index is 2.36. The van der Waals surface area contributed by atoms with Gasteiger partial charge in [0, 0.05) is 31.1 Å². The van der Waals surface area contributed by atoms with E-state index in [4.69, 9.17) is 0 Å². The van der Waals surface area contributed by atoms with Gasteiger partial charge in [-0.2, -0.15) is 0 Å². The summed E-state index contributed by atoms with van der Waals surface area (Å²) in [5.74, 6) is -0.186. The Hall–Kier alpha value is -1.78. The molecular formula is C9H13N3O2. The van der Waals surface area contributed by atoms with Crippen LogP contribution in [0.4, 0.5) is 0 Å². The quantitative estimate of drug-likeness (QED) is 0.657. The van der Waals surface area contributed by atoms with Crippen molar-refractivity contribution in [1.82, 2.24) is 14.9 Å². The van der Waals surface area contributed by atoms with Gasteiger partial charge in [0.1, 0.15) is 0 Å². The van der Waals surface area contributed by atoms with Crippen LogP contribution in [-0.4, -0.2) is 22.0 Å². The van der Waals surface area contributed by atoms with Gasteiger partial charge in [-0.25, -0.2) is 4.79 Å². The Morgan fingerprint density at radius 3 is 2.93 bits per heavy atom. The average Bonchev–Trinajstić information content (AvgIpc) is 2.51. The minimum Gasteiger partial charge on any atom is -0.351 e. The first-order valence-corrected chi connectivity index (χ1v) is 4.29. The molecule has 0 aromatic carbocycles. The van der Waals surface area contributed by atoms with Gasteiger partial charge in [0.2, 0.25) is 5.91 Å². The van der Waals surface area contributed by atoms with Gasteiger partial charge in [-0.05, 0) is 6.92 Å². The number of carbonyl (C=O) groups is 1. The molecule has 0 radical (unpaired) electrons. The van der Waals surface area contributed by atoms with Crippen LogP contribution in [0.15, 0.2) is 29.3 Å². The number of aromatic nitrogens is 2. The molecule has 0 aliphatic heterocycles. The molecule has 1 aromatic rings. The van der Waals surface area contributed by atoms with Crippen LogP contribution in [0.5, 0.6) is 0 Å². The van der Waals surface area contributed by atoms with Crippen LogP contribution in [0, 0.1) is 0 Å². The summed E-state index contributed by atoms with van der Waals surface area (Å²) in [6.45, 7) is 6.02. The largest absolute Gasteiger partial charge is 0.351 e. The molecule has 0 saturated carbocycles. The van der Waals surface area contributed by atoms with Crippen molar-refractivity contribution < 1.29 is 4.79 Å². The van der Waals surface area contributed by atoms with Crippen molar-refractivity contribution >= 4 is 5.91 Å². The van der Waals surface area contributed by atoms with Gasteiger partial charge in [0.05, 0.1) is 0 Å². The molecule has 0 fully saturated rings. The summed E-state index contributed by atoms with van der Waals surface area (Å²) < 4.78 is 1.48. The number of imidazole rings is 1. The van der Waals surface area contributed by atoms with Gasteiger partial charge in [0.15, 0.2) is 0 Å². The minimum atomic E-state index is -0.186. The minimum absolute atomic E-state index is 0.172. The van der Waals surface area contributed by atoms with Gasteiger partial charge in [0.25, 0.3) is 0 Å². The molecule has 0 aliphatic carbocycles. The Bertz CT molecular complexity index is 389. The van der Waals surface area contributed by atoms with Crippen molar-refractivity contribution in [2.45, 2.75) is 13.5 Å². The fourth-order valence-corrected chi connectivity index (χ4v) is 0.966. The highest BCUT2D eigenvalue weighted by Crippen LogP contribution is 1.85. The lowest BCUT2D eigenvalue weighted by Gasteiger charge is -2.04. The molecule has 5 heteroatoms. The second-order valence-corrected chi connectivity index (χ2v) is 2.99. The second-order valence-electron chi connectivity index (χ2n) is 2.99. The van der Waals surface area contributed by atoms with E-state index in [0.29, 0.717) is 18.7 Å². The van der Waals surface area contributed by atoms with Gasteiger partial charge in [-0.15, -0.1) is 0 Å². The highest BCUT2D eigenvalue weighted by atomic mass is 16.2. The molecule has 1 rings (SSSR count). The molecule has 1 heterocycles. The number of amides is 1. The van der Waals surface area contributed by atoms with E-state index in [0.717, 1.165) is 0 Å². The first-order chi connectivity index (χ1) is 6.61. The van der Waals surface area contributed by atoms with Crippen molar-refractivity contribution in [1.29, 1.82) is 0 Å². The molecule has 1 amide bonds. The lowest BCUT2D eigenvalue weighted by atomic mass is 10.3. The Morgan fingerprint density at radius 1 is 1.71 bits per heavy atom. The molecule has 1 aromatic heterocycles. The standard InChI is InChI=1S/C9H13N3O2/c1-7(2)8(13)10-3-5-12-6-4-11-9(12)14/h4,6H,1,3,5H2,2H3,(H,10,13)(H,11,14). The van der Waals surface area contributed by atoms with Crippen LogP contribution < -0.4 is 11.0 Å². The monoisotopic (exact) mass is 195 g/mol. The molecule has 14 heavy (non-hydrogen) atoms. The molecule has 0 aliphatic rings. The number of carbonyl (C=O) groups excluding carboxylic acids is 1. The normalized spacial score (nSPS) is 9.79. The summed E-state index contributed by atoms with van der Waals surface area (Å²) in [6.07, 6.45) is 3.19. The van der Waals surface area contributed by atoms with Crippen LogP contribution in [0.25, 0.3) is 0 Å². The Labute approximate surface area is 81.4 Å². The number of rotatable bonds is 4. The highest BCUT2D eigenvalue weighted by Gasteiger charge is 2.00. The maximum absolute atomic E-state index is 11.1. The van der Waals surface area contributed by atoms with E-state index in [-0.39, 0.29) is 11.6 Å². The first kappa shape index (κ1) is 10.3. The first-order valence-electron chi connectivity index (χ1n) is 4.29. The predicted octanol–water partition coefficient (Wildman–Crippen LogP) is -0.131. The number of nitrogens with zero attached hydrogens (tertiary/aromatic N) is 1. The van der Waals surface area contributed by atoms with Crippen LogP contribution in [0.1, 0.15) is 6.92 Å². The van der Waals surface area contributed by atoms with E-state index in [1.54, 1.807) is 19.3 Å². The predicted molar refractivity (Wildman–Crippen MR) is 52.9 cm³/mol. The smallest absolute Gasteiger partial charge is 0.325 e. The molecule has 2 N–H and O–H groups in total. The summed E-state index contributed by atoms with van der Waals surface area (Å²) in [5, 5.41) is 2.64. The third-order valence-corrected chi connectivity index (χ3v) is 1.75. The third-order valence-electron chi connectivity index (χ3n) is 1.75. The molecule has 0 saturated heterocycles. The van der Waals surface area contributed by atoms with Crippen molar-refractivity contribution in [3.63, 3.8) is 0 Å². The van der Waals surface area contributed by atoms with Gasteiger partial charge in [-0.1, -0.05) is 6.58 Å². The molecule has 5 nitrogen and oxygen atoms in total. The molecule has 76 valence electrons. The van der Waals surface area contributed by atoms with Gasteiger partial charge < -0.3 is 10.3 Å². The van der Waals surface area contributed by atoms with Crippen LogP contribution >= 0.6 is 0 Å². The zero-order chi connectivity index (χ0) is 10.6. The van der Waals surface area contributed by atoms with Gasteiger partial charge >= 0.3 is 5.69 Å². The number of hydrogen-bond acceptors (Lipinski definition) is 2. The molecular weight excluding hydrogens is 182 g/mol. The number of nitrogens with one attached hydrogen (secondary N) is 2. The second kappa shape index (κ2) is 4.45. The summed E-state index contributed by atoms with van der Waals surface area (Å²) in [7, 11) is 0. The van der Waals surface area contributed by atoms with E-state index in [1.165, 1.54) is 4.57 Å². The molecule has 0 unspecified atom stereocenters. The van der Waals surface area contributed by atoms with Crippen LogP contribution in [0.2, 0.25) is 0 Å². The molecule has 0 spiro atoms. The SMILES string of the molecule is C=C(C)C(=O)NCCn1cc[nH]c1=O. The number of H-pyrrole nitrogens is 1. The summed E-state index contributed by atoms with van der Waals surface area (Å²) >= 11 is 0. The van der Waals surface area contributed by atoms with Crippen LogP contribution in [0.3, 0.4) is 0 Å². The molecule has 0 bridgehead atoms. The topological polar surface area (TPSA) is 66.9 Å². The Kier molecular flexibility index (Phi) is 3.28. The van der Waals surface area contributed by atoms with Crippen molar-refractivity contribution in [3.05, 3.63) is 35.0 Å². The lowest BCUT2D eigenvalue weighted by molar-refractivity contribution is -0.117.